The van der Waals surface area contributed by atoms with Gasteiger partial charge in [-0.05, 0) is 32.4 Å². The number of anilines is 1. The maximum atomic E-state index is 11.5. The lowest BCUT2D eigenvalue weighted by Gasteiger charge is -2.10. The van der Waals surface area contributed by atoms with Crippen molar-refractivity contribution >= 4 is 5.69 Å². The maximum Gasteiger partial charge on any atom is 0.250 e. The molecule has 19 heavy (non-hydrogen) atoms. The smallest absolute Gasteiger partial charge is 0.250 e. The van der Waals surface area contributed by atoms with Gasteiger partial charge in [-0.2, -0.15) is 0 Å². The summed E-state index contributed by atoms with van der Waals surface area (Å²) in [5, 5.41) is 3.36. The molecular weight excluding hydrogens is 236 g/mol. The van der Waals surface area contributed by atoms with Gasteiger partial charge in [0.05, 0.1) is 5.69 Å². The Morgan fingerprint density at radius 1 is 1.11 bits per heavy atom. The van der Waals surface area contributed by atoms with Crippen LogP contribution in [0.4, 0.5) is 5.69 Å². The number of pyridine rings is 1. The number of aryl methyl sites for hydroxylation is 3. The van der Waals surface area contributed by atoms with Crippen molar-refractivity contribution in [1.29, 1.82) is 0 Å². The van der Waals surface area contributed by atoms with E-state index in [1.54, 1.807) is 10.6 Å². The van der Waals surface area contributed by atoms with Crippen LogP contribution in [0.5, 0.6) is 0 Å². The summed E-state index contributed by atoms with van der Waals surface area (Å²) in [5.74, 6) is 0. The molecule has 3 nitrogen and oxygen atoms in total. The average Bonchev–Trinajstić information content (AvgIpc) is 2.36. The summed E-state index contributed by atoms with van der Waals surface area (Å²) in [6.07, 6.45) is 1.87. The number of aromatic nitrogens is 1. The Morgan fingerprint density at radius 3 is 2.42 bits per heavy atom. The highest BCUT2D eigenvalue weighted by atomic mass is 16.1. The van der Waals surface area contributed by atoms with Crippen molar-refractivity contribution < 1.29 is 0 Å². The van der Waals surface area contributed by atoms with E-state index in [0.717, 1.165) is 12.2 Å². The summed E-state index contributed by atoms with van der Waals surface area (Å²) in [6, 6.07) is 9.96. The molecular formula is C16H20N2O. The number of rotatable bonds is 4. The second kappa shape index (κ2) is 5.74. The Hall–Kier alpha value is -2.03. The van der Waals surface area contributed by atoms with Gasteiger partial charge in [-0.25, -0.2) is 0 Å². The van der Waals surface area contributed by atoms with Crippen LogP contribution >= 0.6 is 0 Å². The standard InChI is InChI=1S/C16H20N2O/c1-4-18-11-15(5-6-16(18)19)17-10-14-8-12(2)7-13(3)9-14/h5-9,11,17H,4,10H2,1-3H3. The molecule has 0 saturated carbocycles. The summed E-state index contributed by atoms with van der Waals surface area (Å²) < 4.78 is 1.70. The third-order valence-electron chi connectivity index (χ3n) is 3.10. The van der Waals surface area contributed by atoms with E-state index in [0.29, 0.717) is 6.54 Å². The van der Waals surface area contributed by atoms with Gasteiger partial charge >= 0.3 is 0 Å². The summed E-state index contributed by atoms with van der Waals surface area (Å²) in [7, 11) is 0. The van der Waals surface area contributed by atoms with Crippen LogP contribution < -0.4 is 10.9 Å². The first-order valence-electron chi connectivity index (χ1n) is 6.60. The van der Waals surface area contributed by atoms with Crippen molar-refractivity contribution in [3.05, 3.63) is 63.6 Å². The second-order valence-electron chi connectivity index (χ2n) is 4.89. The minimum atomic E-state index is 0.0412. The van der Waals surface area contributed by atoms with Crippen LogP contribution in [0, 0.1) is 13.8 Å². The predicted molar refractivity (Wildman–Crippen MR) is 79.6 cm³/mol. The zero-order valence-electron chi connectivity index (χ0n) is 11.7. The molecule has 100 valence electrons. The Kier molecular flexibility index (Phi) is 4.05. The van der Waals surface area contributed by atoms with Crippen LogP contribution in [0.1, 0.15) is 23.6 Å². The van der Waals surface area contributed by atoms with Crippen molar-refractivity contribution in [1.82, 2.24) is 4.57 Å². The maximum absolute atomic E-state index is 11.5. The number of nitrogens with zero attached hydrogens (tertiary/aromatic N) is 1. The van der Waals surface area contributed by atoms with Crippen LogP contribution in [0.3, 0.4) is 0 Å². The zero-order valence-corrected chi connectivity index (χ0v) is 11.7. The molecule has 0 bridgehead atoms. The molecule has 1 N–H and O–H groups in total. The van der Waals surface area contributed by atoms with Gasteiger partial charge in [-0.3, -0.25) is 4.79 Å². The first-order chi connectivity index (χ1) is 9.08. The normalized spacial score (nSPS) is 10.5. The summed E-state index contributed by atoms with van der Waals surface area (Å²) >= 11 is 0. The number of benzene rings is 1. The third kappa shape index (κ3) is 3.47. The highest BCUT2D eigenvalue weighted by Crippen LogP contribution is 2.11. The molecule has 0 fully saturated rings. The first-order valence-corrected chi connectivity index (χ1v) is 6.60. The molecule has 2 rings (SSSR count). The van der Waals surface area contributed by atoms with Gasteiger partial charge in [0.25, 0.3) is 5.56 Å². The Labute approximate surface area is 113 Å². The molecule has 0 saturated heterocycles. The van der Waals surface area contributed by atoms with Crippen molar-refractivity contribution in [2.45, 2.75) is 33.9 Å². The molecule has 0 unspecified atom stereocenters. The van der Waals surface area contributed by atoms with E-state index in [4.69, 9.17) is 0 Å². The second-order valence-corrected chi connectivity index (χ2v) is 4.89. The molecule has 0 radical (unpaired) electrons. The van der Waals surface area contributed by atoms with Crippen molar-refractivity contribution in [3.63, 3.8) is 0 Å². The molecule has 0 atom stereocenters. The van der Waals surface area contributed by atoms with E-state index in [-0.39, 0.29) is 5.56 Å². The van der Waals surface area contributed by atoms with Crippen LogP contribution in [0.25, 0.3) is 0 Å². The van der Waals surface area contributed by atoms with E-state index in [1.165, 1.54) is 16.7 Å². The van der Waals surface area contributed by atoms with E-state index in [1.807, 2.05) is 19.2 Å². The average molecular weight is 256 g/mol. The van der Waals surface area contributed by atoms with Gasteiger partial charge in [0.1, 0.15) is 0 Å². The predicted octanol–water partition coefficient (Wildman–Crippen LogP) is 3.10. The molecule has 0 aliphatic heterocycles. The van der Waals surface area contributed by atoms with Gasteiger partial charge in [0.2, 0.25) is 0 Å². The fourth-order valence-electron chi connectivity index (χ4n) is 2.26. The van der Waals surface area contributed by atoms with E-state index < -0.39 is 0 Å². The van der Waals surface area contributed by atoms with Gasteiger partial charge in [-0.1, -0.05) is 29.3 Å². The van der Waals surface area contributed by atoms with Gasteiger partial charge in [0, 0.05) is 25.4 Å². The Morgan fingerprint density at radius 2 is 1.79 bits per heavy atom. The molecule has 0 amide bonds. The van der Waals surface area contributed by atoms with Crippen LogP contribution in [-0.2, 0) is 13.1 Å². The molecule has 1 aromatic heterocycles. The lowest BCUT2D eigenvalue weighted by Crippen LogP contribution is -2.17. The first kappa shape index (κ1) is 13.4. The number of hydrogen-bond donors (Lipinski definition) is 1. The molecule has 0 spiro atoms. The van der Waals surface area contributed by atoms with E-state index in [9.17, 15) is 4.79 Å². The van der Waals surface area contributed by atoms with Crippen LogP contribution in [0.15, 0.2) is 41.3 Å². The molecule has 1 heterocycles. The fraction of sp³-hybridized carbons (Fsp3) is 0.312. The third-order valence-corrected chi connectivity index (χ3v) is 3.10. The van der Waals surface area contributed by atoms with Crippen molar-refractivity contribution in [2.24, 2.45) is 0 Å². The lowest BCUT2D eigenvalue weighted by atomic mass is 10.1. The SMILES string of the molecule is CCn1cc(NCc2cc(C)cc(C)c2)ccc1=O. The minimum Gasteiger partial charge on any atom is -0.380 e. The lowest BCUT2D eigenvalue weighted by molar-refractivity contribution is 0.727. The van der Waals surface area contributed by atoms with Gasteiger partial charge in [0.15, 0.2) is 0 Å². The van der Waals surface area contributed by atoms with Crippen molar-refractivity contribution in [3.8, 4) is 0 Å². The van der Waals surface area contributed by atoms with Crippen LogP contribution in [-0.4, -0.2) is 4.57 Å². The Bertz CT molecular complexity index is 609. The van der Waals surface area contributed by atoms with Crippen molar-refractivity contribution in [2.75, 3.05) is 5.32 Å². The Balaban J connectivity index is 2.12. The van der Waals surface area contributed by atoms with Gasteiger partial charge < -0.3 is 9.88 Å². The van der Waals surface area contributed by atoms with E-state index >= 15 is 0 Å². The molecule has 3 heteroatoms. The minimum absolute atomic E-state index is 0.0412. The number of hydrogen-bond acceptors (Lipinski definition) is 2. The molecule has 2 aromatic rings. The van der Waals surface area contributed by atoms with Gasteiger partial charge in [-0.15, -0.1) is 0 Å². The largest absolute Gasteiger partial charge is 0.380 e. The van der Waals surface area contributed by atoms with E-state index in [2.05, 4.69) is 37.4 Å². The summed E-state index contributed by atoms with van der Waals surface area (Å²) in [6.45, 7) is 7.64. The quantitative estimate of drug-likeness (QED) is 0.912. The molecule has 0 aliphatic carbocycles. The zero-order chi connectivity index (χ0) is 13.8. The number of nitrogens with one attached hydrogen (secondary N) is 1. The fourth-order valence-corrected chi connectivity index (χ4v) is 2.26. The topological polar surface area (TPSA) is 34.0 Å². The molecule has 1 aromatic carbocycles. The highest BCUT2D eigenvalue weighted by molar-refractivity contribution is 5.41. The monoisotopic (exact) mass is 256 g/mol. The highest BCUT2D eigenvalue weighted by Gasteiger charge is 1.99. The molecule has 0 aliphatic rings. The summed E-state index contributed by atoms with van der Waals surface area (Å²) in [4.78, 5) is 11.5. The summed E-state index contributed by atoms with van der Waals surface area (Å²) in [5.41, 5.74) is 4.82. The van der Waals surface area contributed by atoms with Crippen LogP contribution in [0.2, 0.25) is 0 Å².